The molecule has 0 radical (unpaired) electrons. The standard InChI is InChI=1S/C12H18N4O2/c1-13(2)11(17)15-7-5-6-8-16(10-9-15)12(18)14(3)4/h5-10H,1-4H3. The van der Waals surface area contributed by atoms with Gasteiger partial charge in [-0.3, -0.25) is 9.13 Å². The van der Waals surface area contributed by atoms with Crippen molar-refractivity contribution in [3.8, 4) is 0 Å². The summed E-state index contributed by atoms with van der Waals surface area (Å²) < 4.78 is 2.80. The summed E-state index contributed by atoms with van der Waals surface area (Å²) >= 11 is 0. The van der Waals surface area contributed by atoms with Gasteiger partial charge < -0.3 is 9.80 Å². The van der Waals surface area contributed by atoms with Gasteiger partial charge in [-0.15, -0.1) is 0 Å². The van der Waals surface area contributed by atoms with Crippen LogP contribution in [-0.4, -0.2) is 59.2 Å². The Labute approximate surface area is 106 Å². The minimum Gasteiger partial charge on any atom is -0.330 e. The SMILES string of the molecule is CN(C)C(=O)n1ccccn(C(=O)N(C)C)cc1. The zero-order chi connectivity index (χ0) is 13.7. The van der Waals surface area contributed by atoms with E-state index in [0.717, 1.165) is 0 Å². The molecule has 0 bridgehead atoms. The molecule has 0 saturated carbocycles. The first-order valence-corrected chi connectivity index (χ1v) is 5.46. The summed E-state index contributed by atoms with van der Waals surface area (Å²) in [7, 11) is 6.67. The molecule has 1 rings (SSSR count). The average molecular weight is 250 g/mol. The van der Waals surface area contributed by atoms with Gasteiger partial charge >= 0.3 is 12.1 Å². The molecule has 6 nitrogen and oxygen atoms in total. The van der Waals surface area contributed by atoms with Crippen molar-refractivity contribution in [1.82, 2.24) is 18.9 Å². The number of nitrogens with zero attached hydrogens (tertiary/aromatic N) is 4. The monoisotopic (exact) mass is 250 g/mol. The van der Waals surface area contributed by atoms with Crippen molar-refractivity contribution in [2.45, 2.75) is 0 Å². The highest BCUT2D eigenvalue weighted by Gasteiger charge is 2.05. The van der Waals surface area contributed by atoms with Crippen LogP contribution in [0.3, 0.4) is 0 Å². The number of hydrogen-bond donors (Lipinski definition) is 0. The lowest BCUT2D eigenvalue weighted by Gasteiger charge is -2.13. The first-order chi connectivity index (χ1) is 8.43. The fourth-order valence-electron chi connectivity index (χ4n) is 1.24. The minimum atomic E-state index is -0.185. The molecule has 1 aromatic rings. The Hall–Kier alpha value is -2.24. The van der Waals surface area contributed by atoms with Gasteiger partial charge in [0, 0.05) is 53.0 Å². The summed E-state index contributed by atoms with van der Waals surface area (Å²) in [5.41, 5.74) is 0. The molecule has 0 N–H and O–H groups in total. The molecule has 0 aliphatic carbocycles. The summed E-state index contributed by atoms with van der Waals surface area (Å²) in [6.45, 7) is 0. The Balaban J connectivity index is 3.19. The molecule has 1 aromatic heterocycles. The Kier molecular flexibility index (Phi) is 4.53. The molecule has 1 heterocycles. The highest BCUT2D eigenvalue weighted by Crippen LogP contribution is 1.94. The molecule has 0 aliphatic heterocycles. The molecule has 98 valence electrons. The van der Waals surface area contributed by atoms with E-state index in [9.17, 15) is 9.59 Å². The topological polar surface area (TPSA) is 50.5 Å². The van der Waals surface area contributed by atoms with Crippen LogP contribution in [0.4, 0.5) is 9.59 Å². The first-order valence-electron chi connectivity index (χ1n) is 5.46. The highest BCUT2D eigenvalue weighted by molar-refractivity contribution is 5.77. The van der Waals surface area contributed by atoms with E-state index in [1.165, 1.54) is 18.9 Å². The Morgan fingerprint density at radius 1 is 0.722 bits per heavy atom. The number of amides is 2. The van der Waals surface area contributed by atoms with Crippen molar-refractivity contribution < 1.29 is 9.59 Å². The lowest BCUT2D eigenvalue weighted by Crippen LogP contribution is -2.28. The van der Waals surface area contributed by atoms with Gasteiger partial charge in [0.2, 0.25) is 0 Å². The zero-order valence-electron chi connectivity index (χ0n) is 11.1. The molecule has 2 amide bonds. The molecule has 0 atom stereocenters. The molecular weight excluding hydrogens is 232 g/mol. The van der Waals surface area contributed by atoms with Crippen LogP contribution in [0.25, 0.3) is 0 Å². The first kappa shape index (κ1) is 13.8. The van der Waals surface area contributed by atoms with Crippen LogP contribution in [-0.2, 0) is 0 Å². The number of carbonyl (C=O) groups excluding carboxylic acids is 2. The van der Waals surface area contributed by atoms with E-state index >= 15 is 0 Å². The molecule has 6 heteroatoms. The van der Waals surface area contributed by atoms with Crippen molar-refractivity contribution in [2.24, 2.45) is 0 Å². The summed E-state index contributed by atoms with van der Waals surface area (Å²) in [5, 5.41) is 0. The van der Waals surface area contributed by atoms with E-state index in [0.29, 0.717) is 0 Å². The maximum Gasteiger partial charge on any atom is 0.327 e. The molecule has 0 spiro atoms. The number of carbonyl (C=O) groups is 2. The smallest absolute Gasteiger partial charge is 0.327 e. The van der Waals surface area contributed by atoms with E-state index < -0.39 is 0 Å². The van der Waals surface area contributed by atoms with E-state index in [-0.39, 0.29) is 12.1 Å². The fraction of sp³-hybridized carbons (Fsp3) is 0.333. The van der Waals surface area contributed by atoms with Crippen molar-refractivity contribution >= 4 is 12.1 Å². The lowest BCUT2D eigenvalue weighted by molar-refractivity contribution is 0.217. The fourth-order valence-corrected chi connectivity index (χ4v) is 1.24. The van der Waals surface area contributed by atoms with E-state index in [1.807, 2.05) is 0 Å². The van der Waals surface area contributed by atoms with Gasteiger partial charge in [0.15, 0.2) is 0 Å². The zero-order valence-corrected chi connectivity index (χ0v) is 11.1. The minimum absolute atomic E-state index is 0.185. The lowest BCUT2D eigenvalue weighted by atomic mass is 10.5. The van der Waals surface area contributed by atoms with Crippen LogP contribution < -0.4 is 0 Å². The van der Waals surface area contributed by atoms with Gasteiger partial charge in [0.05, 0.1) is 0 Å². The van der Waals surface area contributed by atoms with Gasteiger partial charge in [-0.05, 0) is 12.1 Å². The van der Waals surface area contributed by atoms with Gasteiger partial charge in [-0.25, -0.2) is 9.59 Å². The van der Waals surface area contributed by atoms with E-state index in [2.05, 4.69) is 0 Å². The van der Waals surface area contributed by atoms with Crippen LogP contribution in [0.5, 0.6) is 0 Å². The molecule has 18 heavy (non-hydrogen) atoms. The maximum absolute atomic E-state index is 11.8. The number of rotatable bonds is 0. The Morgan fingerprint density at radius 3 is 1.33 bits per heavy atom. The number of hydrogen-bond acceptors (Lipinski definition) is 2. The summed E-state index contributed by atoms with van der Waals surface area (Å²) in [6.07, 6.45) is 6.35. The second-order valence-corrected chi connectivity index (χ2v) is 4.15. The molecule has 0 aromatic carbocycles. The van der Waals surface area contributed by atoms with Gasteiger partial charge in [-0.2, -0.15) is 0 Å². The summed E-state index contributed by atoms with van der Waals surface area (Å²) in [5.74, 6) is 0. The Bertz CT molecular complexity index is 440. The largest absolute Gasteiger partial charge is 0.330 e. The summed E-state index contributed by atoms with van der Waals surface area (Å²) in [4.78, 5) is 26.5. The molecule has 0 unspecified atom stereocenters. The van der Waals surface area contributed by atoms with Crippen molar-refractivity contribution in [3.05, 3.63) is 36.9 Å². The van der Waals surface area contributed by atoms with E-state index in [1.54, 1.807) is 65.1 Å². The van der Waals surface area contributed by atoms with Crippen LogP contribution in [0, 0.1) is 0 Å². The van der Waals surface area contributed by atoms with Crippen LogP contribution in [0.2, 0.25) is 0 Å². The highest BCUT2D eigenvalue weighted by atomic mass is 16.2. The van der Waals surface area contributed by atoms with Crippen molar-refractivity contribution in [3.63, 3.8) is 0 Å². The Morgan fingerprint density at radius 2 is 1.06 bits per heavy atom. The molecular formula is C12H18N4O2. The third-order valence-electron chi connectivity index (χ3n) is 2.20. The van der Waals surface area contributed by atoms with Crippen LogP contribution in [0.1, 0.15) is 0 Å². The van der Waals surface area contributed by atoms with Crippen molar-refractivity contribution in [2.75, 3.05) is 28.2 Å². The maximum atomic E-state index is 11.8. The average Bonchev–Trinajstić information content (AvgIpc) is 2.27. The normalized spacial score (nSPS) is 9.56. The van der Waals surface area contributed by atoms with Gasteiger partial charge in [0.1, 0.15) is 0 Å². The van der Waals surface area contributed by atoms with Crippen LogP contribution >= 0.6 is 0 Å². The molecule has 0 fully saturated rings. The third-order valence-corrected chi connectivity index (χ3v) is 2.20. The second kappa shape index (κ2) is 5.90. The predicted molar refractivity (Wildman–Crippen MR) is 69.0 cm³/mol. The summed E-state index contributed by atoms with van der Waals surface area (Å²) in [6, 6.07) is 3.02. The predicted octanol–water partition coefficient (Wildman–Crippen LogP) is 1.47. The van der Waals surface area contributed by atoms with E-state index in [4.69, 9.17) is 0 Å². The second-order valence-electron chi connectivity index (χ2n) is 4.15. The molecule has 0 saturated heterocycles. The third kappa shape index (κ3) is 3.38. The molecule has 0 aliphatic rings. The van der Waals surface area contributed by atoms with Crippen LogP contribution in [0.15, 0.2) is 36.9 Å². The quantitative estimate of drug-likeness (QED) is 0.700. The van der Waals surface area contributed by atoms with Gasteiger partial charge in [-0.1, -0.05) is 0 Å². The van der Waals surface area contributed by atoms with Crippen molar-refractivity contribution in [1.29, 1.82) is 0 Å². The number of aromatic nitrogens is 2. The van der Waals surface area contributed by atoms with Gasteiger partial charge in [0.25, 0.3) is 0 Å².